The van der Waals surface area contributed by atoms with Crippen LogP contribution in [0.4, 0.5) is 5.69 Å². The van der Waals surface area contributed by atoms with Crippen LogP contribution in [-0.2, 0) is 0 Å². The third-order valence-corrected chi connectivity index (χ3v) is 3.60. The number of nitrogens with zero attached hydrogens (tertiary/aromatic N) is 1. The molecule has 2 nitrogen and oxygen atoms in total. The minimum atomic E-state index is 0.421. The van der Waals surface area contributed by atoms with Crippen molar-refractivity contribution in [2.45, 2.75) is 45.2 Å². The Bertz CT molecular complexity index is 358. The number of hydrogen-bond donors (Lipinski definition) is 1. The van der Waals surface area contributed by atoms with E-state index in [0.29, 0.717) is 6.04 Å². The third-order valence-electron chi connectivity index (χ3n) is 3.60. The van der Waals surface area contributed by atoms with E-state index in [0.717, 1.165) is 6.04 Å². The summed E-state index contributed by atoms with van der Waals surface area (Å²) in [4.78, 5) is 2.60. The van der Waals surface area contributed by atoms with E-state index >= 15 is 0 Å². The maximum Gasteiger partial charge on any atom is 0.0417 e. The summed E-state index contributed by atoms with van der Waals surface area (Å²) in [6.07, 6.45) is 3.95. The van der Waals surface area contributed by atoms with Crippen LogP contribution >= 0.6 is 0 Å². The molecule has 0 spiro atoms. The number of rotatable bonds is 6. The Balaban J connectivity index is 2.28. The first-order valence-electron chi connectivity index (χ1n) is 6.80. The molecule has 0 radical (unpaired) electrons. The summed E-state index contributed by atoms with van der Waals surface area (Å²) in [6.45, 7) is 5.67. The molecule has 0 aliphatic heterocycles. The van der Waals surface area contributed by atoms with Crippen LogP contribution in [0.2, 0.25) is 0 Å². The van der Waals surface area contributed by atoms with Gasteiger partial charge >= 0.3 is 0 Å². The zero-order valence-corrected chi connectivity index (χ0v) is 11.2. The molecule has 1 aromatic carbocycles. The van der Waals surface area contributed by atoms with Crippen molar-refractivity contribution in [2.24, 2.45) is 0 Å². The van der Waals surface area contributed by atoms with Gasteiger partial charge in [-0.25, -0.2) is 0 Å². The lowest BCUT2D eigenvalue weighted by molar-refractivity contribution is 0.644. The van der Waals surface area contributed by atoms with Crippen molar-refractivity contribution >= 4 is 5.69 Å². The van der Waals surface area contributed by atoms with Gasteiger partial charge in [-0.15, -0.1) is 0 Å². The van der Waals surface area contributed by atoms with E-state index < -0.39 is 0 Å². The summed E-state index contributed by atoms with van der Waals surface area (Å²) < 4.78 is 0. The summed E-state index contributed by atoms with van der Waals surface area (Å²) >= 11 is 0. The Morgan fingerprint density at radius 2 is 2.06 bits per heavy atom. The van der Waals surface area contributed by atoms with Crippen molar-refractivity contribution in [3.8, 4) is 0 Å². The first-order chi connectivity index (χ1) is 8.27. The highest BCUT2D eigenvalue weighted by Gasteiger charge is 2.30. The summed E-state index contributed by atoms with van der Waals surface area (Å²) in [6, 6.07) is 10.0. The maximum atomic E-state index is 3.35. The van der Waals surface area contributed by atoms with Gasteiger partial charge in [0.2, 0.25) is 0 Å². The molecule has 1 aliphatic rings. The van der Waals surface area contributed by atoms with E-state index in [2.05, 4.69) is 48.3 Å². The van der Waals surface area contributed by atoms with E-state index in [1.165, 1.54) is 37.1 Å². The molecule has 1 fully saturated rings. The summed E-state index contributed by atoms with van der Waals surface area (Å²) in [5.74, 6) is 0. The number of nitrogens with one attached hydrogen (secondary N) is 1. The summed E-state index contributed by atoms with van der Waals surface area (Å²) in [5.41, 5.74) is 2.86. The smallest absolute Gasteiger partial charge is 0.0417 e. The van der Waals surface area contributed by atoms with Crippen molar-refractivity contribution < 1.29 is 0 Å². The number of anilines is 1. The molecule has 0 heterocycles. The second-order valence-electron chi connectivity index (χ2n) is 4.99. The maximum absolute atomic E-state index is 3.35. The topological polar surface area (TPSA) is 15.3 Å². The lowest BCUT2D eigenvalue weighted by atomic mass is 10.0. The zero-order valence-electron chi connectivity index (χ0n) is 11.2. The molecule has 2 heteroatoms. The van der Waals surface area contributed by atoms with E-state index in [-0.39, 0.29) is 0 Å². The molecular formula is C15H24N2. The fraction of sp³-hybridized carbons (Fsp3) is 0.600. The van der Waals surface area contributed by atoms with Crippen molar-refractivity contribution in [1.29, 1.82) is 0 Å². The van der Waals surface area contributed by atoms with E-state index in [9.17, 15) is 0 Å². The van der Waals surface area contributed by atoms with Gasteiger partial charge in [0.1, 0.15) is 0 Å². The summed E-state index contributed by atoms with van der Waals surface area (Å²) in [5, 5.41) is 3.35. The first kappa shape index (κ1) is 12.4. The fourth-order valence-corrected chi connectivity index (χ4v) is 2.40. The normalized spacial score (nSPS) is 16.9. The molecule has 1 aromatic rings. The Labute approximate surface area is 105 Å². The Kier molecular flexibility index (Phi) is 4.06. The van der Waals surface area contributed by atoms with Gasteiger partial charge < -0.3 is 10.2 Å². The summed E-state index contributed by atoms with van der Waals surface area (Å²) in [7, 11) is 2.03. The number of hydrogen-bond acceptors (Lipinski definition) is 2. The molecule has 1 unspecified atom stereocenters. The number of benzene rings is 1. The predicted octanol–water partition coefficient (Wildman–Crippen LogP) is 3.35. The standard InChI is InChI=1S/C15H24N2/c1-4-11-17(13-9-10-13)15-8-6-5-7-14(15)12(2)16-3/h5-8,12-13,16H,4,9-11H2,1-3H3. The molecule has 0 aromatic heterocycles. The van der Waals surface area contributed by atoms with Gasteiger partial charge in [0.05, 0.1) is 0 Å². The molecule has 94 valence electrons. The van der Waals surface area contributed by atoms with Crippen LogP contribution in [0.15, 0.2) is 24.3 Å². The Morgan fingerprint density at radius 1 is 1.35 bits per heavy atom. The Morgan fingerprint density at radius 3 is 2.65 bits per heavy atom. The molecule has 0 bridgehead atoms. The number of para-hydroxylation sites is 1. The largest absolute Gasteiger partial charge is 0.368 e. The molecule has 0 amide bonds. The molecule has 17 heavy (non-hydrogen) atoms. The van der Waals surface area contributed by atoms with Crippen molar-refractivity contribution in [3.63, 3.8) is 0 Å². The highest BCUT2D eigenvalue weighted by molar-refractivity contribution is 5.56. The molecular weight excluding hydrogens is 208 g/mol. The van der Waals surface area contributed by atoms with Gasteiger partial charge in [-0.2, -0.15) is 0 Å². The average Bonchev–Trinajstić information content (AvgIpc) is 3.19. The van der Waals surface area contributed by atoms with E-state index in [1.54, 1.807) is 0 Å². The van der Waals surface area contributed by atoms with Crippen LogP contribution < -0.4 is 10.2 Å². The van der Waals surface area contributed by atoms with Crippen LogP contribution in [0.5, 0.6) is 0 Å². The first-order valence-corrected chi connectivity index (χ1v) is 6.80. The van der Waals surface area contributed by atoms with E-state index in [1.807, 2.05) is 7.05 Å². The molecule has 1 saturated carbocycles. The minimum absolute atomic E-state index is 0.421. The zero-order chi connectivity index (χ0) is 12.3. The van der Waals surface area contributed by atoms with Crippen LogP contribution in [0, 0.1) is 0 Å². The van der Waals surface area contributed by atoms with Crippen LogP contribution in [0.3, 0.4) is 0 Å². The van der Waals surface area contributed by atoms with Gasteiger partial charge in [0, 0.05) is 24.3 Å². The van der Waals surface area contributed by atoms with Gasteiger partial charge in [-0.1, -0.05) is 25.1 Å². The molecule has 0 saturated heterocycles. The van der Waals surface area contributed by atoms with Gasteiger partial charge in [-0.3, -0.25) is 0 Å². The van der Waals surface area contributed by atoms with Gasteiger partial charge in [0.25, 0.3) is 0 Å². The monoisotopic (exact) mass is 232 g/mol. The second-order valence-corrected chi connectivity index (χ2v) is 4.99. The lowest BCUT2D eigenvalue weighted by Gasteiger charge is -2.28. The van der Waals surface area contributed by atoms with Crippen LogP contribution in [0.1, 0.15) is 44.7 Å². The molecule has 1 atom stereocenters. The highest BCUT2D eigenvalue weighted by Crippen LogP contribution is 2.35. The SMILES string of the molecule is CCCN(c1ccccc1C(C)NC)C1CC1. The van der Waals surface area contributed by atoms with Gasteiger partial charge in [0.15, 0.2) is 0 Å². The van der Waals surface area contributed by atoms with Crippen molar-refractivity contribution in [3.05, 3.63) is 29.8 Å². The predicted molar refractivity (Wildman–Crippen MR) is 74.6 cm³/mol. The quantitative estimate of drug-likeness (QED) is 0.809. The fourth-order valence-electron chi connectivity index (χ4n) is 2.40. The average molecular weight is 232 g/mol. The van der Waals surface area contributed by atoms with Crippen molar-refractivity contribution in [1.82, 2.24) is 5.32 Å². The van der Waals surface area contributed by atoms with Crippen LogP contribution in [-0.4, -0.2) is 19.6 Å². The molecule has 1 N–H and O–H groups in total. The van der Waals surface area contributed by atoms with E-state index in [4.69, 9.17) is 0 Å². The Hall–Kier alpha value is -1.02. The van der Waals surface area contributed by atoms with Crippen LogP contribution in [0.25, 0.3) is 0 Å². The molecule has 2 rings (SSSR count). The third kappa shape index (κ3) is 2.81. The van der Waals surface area contributed by atoms with Gasteiger partial charge in [-0.05, 0) is 44.9 Å². The minimum Gasteiger partial charge on any atom is -0.368 e. The highest BCUT2D eigenvalue weighted by atomic mass is 15.2. The second kappa shape index (κ2) is 5.54. The lowest BCUT2D eigenvalue weighted by Crippen LogP contribution is -2.28. The molecule has 1 aliphatic carbocycles. The van der Waals surface area contributed by atoms with Crippen molar-refractivity contribution in [2.75, 3.05) is 18.5 Å².